The molecule has 0 rings (SSSR count). The Kier molecular flexibility index (Phi) is 32.5. The highest BCUT2D eigenvalue weighted by Crippen LogP contribution is 2.13. The van der Waals surface area contributed by atoms with Crippen LogP contribution in [0, 0.1) is 0 Å². The number of hydrogen-bond acceptors (Lipinski definition) is 4. The Balaban J connectivity index is 0. The summed E-state index contributed by atoms with van der Waals surface area (Å²) >= 11 is 0. The Bertz CT molecular complexity index is 421. The molecule has 0 fully saturated rings. The van der Waals surface area contributed by atoms with Crippen molar-refractivity contribution in [3.05, 3.63) is 0 Å². The highest BCUT2D eigenvalue weighted by Gasteiger charge is 2.05. The van der Waals surface area contributed by atoms with Crippen molar-refractivity contribution in [1.82, 2.24) is 0 Å². The van der Waals surface area contributed by atoms with E-state index in [0.29, 0.717) is 19.8 Å². The van der Waals surface area contributed by atoms with Crippen LogP contribution in [0.4, 0.5) is 0 Å². The van der Waals surface area contributed by atoms with Gasteiger partial charge in [0.15, 0.2) is 0 Å². The van der Waals surface area contributed by atoms with Crippen LogP contribution >= 0.6 is 0 Å². The number of ether oxygens (including phenoxy) is 4. The van der Waals surface area contributed by atoms with Gasteiger partial charge in [-0.2, -0.15) is 0 Å². The zero-order valence-corrected chi connectivity index (χ0v) is 26.5. The predicted molar refractivity (Wildman–Crippen MR) is 155 cm³/mol. The minimum absolute atomic E-state index is 0. The van der Waals surface area contributed by atoms with Gasteiger partial charge in [-0.05, 0) is 19.8 Å². The first-order valence-corrected chi connectivity index (χ1v) is 15.6. The maximum absolute atomic E-state index is 5.82. The van der Waals surface area contributed by atoms with Gasteiger partial charge >= 0.3 is 0 Å². The van der Waals surface area contributed by atoms with Crippen LogP contribution in [-0.4, -0.2) is 84.5 Å². The van der Waals surface area contributed by atoms with Crippen LogP contribution in [0.1, 0.15) is 123 Å². The lowest BCUT2D eigenvalue weighted by Gasteiger charge is -2.23. The van der Waals surface area contributed by atoms with Crippen molar-refractivity contribution in [3.63, 3.8) is 0 Å². The van der Waals surface area contributed by atoms with Crippen molar-refractivity contribution < 1.29 is 35.8 Å². The molecule has 0 saturated heterocycles. The lowest BCUT2D eigenvalue weighted by atomic mass is 10.0. The fourth-order valence-corrected chi connectivity index (χ4v) is 4.16. The average Bonchev–Trinajstić information content (AvgIpc) is 2.83. The van der Waals surface area contributed by atoms with Crippen LogP contribution in [0.3, 0.4) is 0 Å². The topological polar surface area (TPSA) is 36.9 Å². The smallest absolute Gasteiger partial charge is 0.102 e. The van der Waals surface area contributed by atoms with Crippen molar-refractivity contribution in [2.75, 3.05) is 73.9 Å². The zero-order chi connectivity index (χ0) is 26.6. The molecular formula is C31H66ClNO4. The monoisotopic (exact) mass is 551 g/mol. The largest absolute Gasteiger partial charge is 1.00 e. The van der Waals surface area contributed by atoms with Crippen molar-refractivity contribution in [1.29, 1.82) is 0 Å². The van der Waals surface area contributed by atoms with E-state index < -0.39 is 0 Å². The molecule has 0 aromatic rings. The van der Waals surface area contributed by atoms with Crippen molar-refractivity contribution in [2.24, 2.45) is 0 Å². The molecule has 0 aliphatic rings. The van der Waals surface area contributed by atoms with Crippen LogP contribution < -0.4 is 12.4 Å². The molecule has 0 aromatic carbocycles. The van der Waals surface area contributed by atoms with Crippen molar-refractivity contribution in [2.45, 2.75) is 129 Å². The van der Waals surface area contributed by atoms with Gasteiger partial charge < -0.3 is 35.8 Å². The molecule has 6 heteroatoms. The van der Waals surface area contributed by atoms with Crippen LogP contribution in [0.25, 0.3) is 0 Å². The van der Waals surface area contributed by atoms with Gasteiger partial charge in [-0.1, -0.05) is 103 Å². The second-order valence-electron chi connectivity index (χ2n) is 11.7. The summed E-state index contributed by atoms with van der Waals surface area (Å²) in [5, 5.41) is 0. The molecule has 5 nitrogen and oxygen atoms in total. The third-order valence-corrected chi connectivity index (χ3v) is 6.61. The maximum atomic E-state index is 5.82. The predicted octanol–water partition coefficient (Wildman–Crippen LogP) is 4.80. The minimum atomic E-state index is 0. The Morgan fingerprint density at radius 2 is 0.919 bits per heavy atom. The van der Waals surface area contributed by atoms with Gasteiger partial charge in [-0.15, -0.1) is 0 Å². The number of likely N-dealkylation sites (N-methyl/N-ethyl adjacent to an activating group) is 1. The van der Waals surface area contributed by atoms with Gasteiger partial charge in [0.05, 0.1) is 53.7 Å². The highest BCUT2D eigenvalue weighted by molar-refractivity contribution is 4.51. The SMILES string of the molecule is CCCCCCCCCCCCCCCCCCOCC(C)OCCCOCCOCC[N+](C)(C)C.[Cl-]. The molecule has 1 atom stereocenters. The van der Waals surface area contributed by atoms with E-state index in [2.05, 4.69) is 35.0 Å². The summed E-state index contributed by atoms with van der Waals surface area (Å²) in [4.78, 5) is 0. The molecular weight excluding hydrogens is 486 g/mol. The number of nitrogens with zero attached hydrogens (tertiary/aromatic N) is 1. The van der Waals surface area contributed by atoms with Crippen LogP contribution in [0.2, 0.25) is 0 Å². The number of rotatable bonds is 30. The van der Waals surface area contributed by atoms with Gasteiger partial charge in [0, 0.05) is 19.8 Å². The molecule has 37 heavy (non-hydrogen) atoms. The molecule has 0 saturated carbocycles. The number of unbranched alkanes of at least 4 members (excludes halogenated alkanes) is 15. The molecule has 0 heterocycles. The van der Waals surface area contributed by atoms with Crippen LogP contribution in [0.15, 0.2) is 0 Å². The number of halogens is 1. The third-order valence-electron chi connectivity index (χ3n) is 6.61. The second kappa shape index (κ2) is 30.6. The quantitative estimate of drug-likeness (QED) is 0.0948. The first-order valence-electron chi connectivity index (χ1n) is 15.6. The third kappa shape index (κ3) is 36.1. The van der Waals surface area contributed by atoms with Gasteiger partial charge in [-0.3, -0.25) is 0 Å². The molecule has 0 aliphatic carbocycles. The minimum Gasteiger partial charge on any atom is -1.00 e. The molecule has 226 valence electrons. The summed E-state index contributed by atoms with van der Waals surface area (Å²) < 4.78 is 23.7. The average molecular weight is 552 g/mol. The van der Waals surface area contributed by atoms with E-state index in [9.17, 15) is 0 Å². The highest BCUT2D eigenvalue weighted by atomic mass is 35.5. The lowest BCUT2D eigenvalue weighted by molar-refractivity contribution is -0.870. The van der Waals surface area contributed by atoms with E-state index in [4.69, 9.17) is 18.9 Å². The van der Waals surface area contributed by atoms with E-state index in [1.54, 1.807) is 0 Å². The molecule has 0 N–H and O–H groups in total. The summed E-state index contributed by atoms with van der Waals surface area (Å²) in [5.74, 6) is 0. The normalized spacial score (nSPS) is 12.6. The van der Waals surface area contributed by atoms with E-state index in [-0.39, 0.29) is 18.5 Å². The number of quaternary nitrogens is 1. The van der Waals surface area contributed by atoms with Crippen molar-refractivity contribution >= 4 is 0 Å². The van der Waals surface area contributed by atoms with Crippen LogP contribution in [0.5, 0.6) is 0 Å². The van der Waals surface area contributed by atoms with E-state index in [0.717, 1.165) is 43.9 Å². The fraction of sp³-hybridized carbons (Fsp3) is 1.00. The Labute approximate surface area is 238 Å². The molecule has 0 radical (unpaired) electrons. The zero-order valence-electron chi connectivity index (χ0n) is 25.7. The van der Waals surface area contributed by atoms with Gasteiger partial charge in [0.1, 0.15) is 6.54 Å². The summed E-state index contributed by atoms with van der Waals surface area (Å²) in [6, 6.07) is 0. The van der Waals surface area contributed by atoms with Gasteiger partial charge in [-0.25, -0.2) is 0 Å². The maximum Gasteiger partial charge on any atom is 0.102 e. The van der Waals surface area contributed by atoms with E-state index in [1.807, 2.05) is 0 Å². The van der Waals surface area contributed by atoms with E-state index >= 15 is 0 Å². The fourth-order valence-electron chi connectivity index (χ4n) is 4.16. The van der Waals surface area contributed by atoms with Crippen molar-refractivity contribution in [3.8, 4) is 0 Å². The van der Waals surface area contributed by atoms with E-state index in [1.165, 1.54) is 103 Å². The molecule has 0 amide bonds. The molecule has 0 aliphatic heterocycles. The lowest BCUT2D eigenvalue weighted by Crippen LogP contribution is -3.00. The summed E-state index contributed by atoms with van der Waals surface area (Å²) in [6.45, 7) is 10.5. The Hall–Kier alpha value is 0.0900. The van der Waals surface area contributed by atoms with Gasteiger partial charge in [0.25, 0.3) is 0 Å². The molecule has 0 spiro atoms. The Morgan fingerprint density at radius 3 is 1.41 bits per heavy atom. The molecule has 0 bridgehead atoms. The number of hydrogen-bond donors (Lipinski definition) is 0. The Morgan fingerprint density at radius 1 is 0.486 bits per heavy atom. The summed E-state index contributed by atoms with van der Waals surface area (Å²) in [7, 11) is 6.52. The first-order chi connectivity index (χ1) is 17.5. The summed E-state index contributed by atoms with van der Waals surface area (Å²) in [6.07, 6.45) is 23.5. The van der Waals surface area contributed by atoms with Gasteiger partial charge in [0.2, 0.25) is 0 Å². The first kappa shape index (κ1) is 39.2. The van der Waals surface area contributed by atoms with Crippen LogP contribution in [-0.2, 0) is 18.9 Å². The molecule has 0 aromatic heterocycles. The molecule has 1 unspecified atom stereocenters. The standard InChI is InChI=1S/C31H66NO4.ClH/c1-6-7-8-9-10-11-12-13-14-15-16-17-18-19-20-21-24-35-30-31(2)36-26-22-25-33-28-29-34-27-23-32(3,4)5;/h31H,6-30H2,1-5H3;1H/q+1;/p-1. The summed E-state index contributed by atoms with van der Waals surface area (Å²) in [5.41, 5.74) is 0. The second-order valence-corrected chi connectivity index (χ2v) is 11.7.